The third-order valence-electron chi connectivity index (χ3n) is 8.31. The van der Waals surface area contributed by atoms with Gasteiger partial charge in [0.15, 0.2) is 5.82 Å². The highest BCUT2D eigenvalue weighted by molar-refractivity contribution is 7.22. The van der Waals surface area contributed by atoms with Gasteiger partial charge in [0.25, 0.3) is 0 Å². The molecule has 3 aliphatic rings. The maximum atomic E-state index is 6.68. The summed E-state index contributed by atoms with van der Waals surface area (Å²) in [6.45, 7) is 0. The number of hydrogen-bond donors (Lipinski definition) is 2. The van der Waals surface area contributed by atoms with Gasteiger partial charge in [-0.3, -0.25) is 4.57 Å². The van der Waals surface area contributed by atoms with Gasteiger partial charge in [0.05, 0.1) is 28.2 Å². The molecule has 1 aliphatic heterocycles. The zero-order valence-electron chi connectivity index (χ0n) is 20.8. The van der Waals surface area contributed by atoms with Crippen molar-refractivity contribution in [1.82, 2.24) is 14.5 Å². The molecule has 2 aromatic carbocycles. The summed E-state index contributed by atoms with van der Waals surface area (Å²) in [5.74, 6) is 1.98. The summed E-state index contributed by atoms with van der Waals surface area (Å²) in [4.78, 5) is 11.4. The molecular formula is C32H27N5S. The van der Waals surface area contributed by atoms with Crippen molar-refractivity contribution in [2.45, 2.75) is 36.8 Å². The van der Waals surface area contributed by atoms with Crippen LogP contribution in [0, 0.1) is 0 Å². The predicted molar refractivity (Wildman–Crippen MR) is 156 cm³/mol. The Morgan fingerprint density at radius 2 is 1.82 bits per heavy atom. The molecule has 6 heteroatoms. The average Bonchev–Trinajstić information content (AvgIpc) is 3.51. The lowest BCUT2D eigenvalue weighted by molar-refractivity contribution is 0.253. The van der Waals surface area contributed by atoms with Gasteiger partial charge in [0, 0.05) is 22.0 Å². The second kappa shape index (κ2) is 8.25. The van der Waals surface area contributed by atoms with E-state index in [9.17, 15) is 0 Å². The molecular weight excluding hydrogens is 486 g/mol. The number of hydrogen-bond acceptors (Lipinski definition) is 5. The minimum absolute atomic E-state index is 0.0811. The van der Waals surface area contributed by atoms with Gasteiger partial charge in [-0.05, 0) is 54.5 Å². The van der Waals surface area contributed by atoms with Gasteiger partial charge in [-0.2, -0.15) is 0 Å². The van der Waals surface area contributed by atoms with E-state index in [0.29, 0.717) is 0 Å². The Morgan fingerprint density at radius 1 is 0.974 bits per heavy atom. The topological polar surface area (TPSA) is 68.8 Å². The van der Waals surface area contributed by atoms with Gasteiger partial charge < -0.3 is 11.1 Å². The highest BCUT2D eigenvalue weighted by Crippen LogP contribution is 2.46. The van der Waals surface area contributed by atoms with Crippen molar-refractivity contribution in [2.24, 2.45) is 5.73 Å². The number of aromatic nitrogens is 3. The first-order valence-corrected chi connectivity index (χ1v) is 14.1. The van der Waals surface area contributed by atoms with E-state index in [1.165, 1.54) is 26.9 Å². The van der Waals surface area contributed by atoms with Crippen LogP contribution in [0.25, 0.3) is 37.6 Å². The fourth-order valence-electron chi connectivity index (χ4n) is 6.09. The maximum absolute atomic E-state index is 6.68. The predicted octanol–water partition coefficient (Wildman–Crippen LogP) is 7.16. The molecule has 5 aromatic rings. The SMILES string of the molecule is NC1(c2ccc(-c3c(-c4cc5ccccc5s4)nc4n3-c3cccnc3NC3C=CC=CC43)cc2)CCC1. The first-order chi connectivity index (χ1) is 18.7. The molecule has 5 nitrogen and oxygen atoms in total. The van der Waals surface area contributed by atoms with Crippen molar-refractivity contribution in [1.29, 1.82) is 0 Å². The lowest BCUT2D eigenvalue weighted by Gasteiger charge is -2.38. The number of benzene rings is 2. The maximum Gasteiger partial charge on any atom is 0.150 e. The number of imidazole rings is 1. The Kier molecular flexibility index (Phi) is 4.78. The number of allylic oxidation sites excluding steroid dienone is 2. The molecule has 3 aromatic heterocycles. The third kappa shape index (κ3) is 3.27. The molecule has 0 amide bonds. The van der Waals surface area contributed by atoms with Crippen LogP contribution >= 0.6 is 11.3 Å². The minimum atomic E-state index is -0.186. The van der Waals surface area contributed by atoms with Crippen LogP contribution in [0.1, 0.15) is 36.6 Å². The molecule has 1 fully saturated rings. The molecule has 2 unspecified atom stereocenters. The second-order valence-electron chi connectivity index (χ2n) is 10.6. The molecule has 4 heterocycles. The Balaban J connectivity index is 1.41. The number of nitrogens with one attached hydrogen (secondary N) is 1. The summed E-state index contributed by atoms with van der Waals surface area (Å²) >= 11 is 1.80. The Hall–Kier alpha value is -4.00. The molecule has 0 spiro atoms. The fourth-order valence-corrected chi connectivity index (χ4v) is 7.14. The molecule has 186 valence electrons. The number of nitrogens with two attached hydrogens (primary N) is 1. The Morgan fingerprint density at radius 3 is 2.63 bits per heavy atom. The second-order valence-corrected chi connectivity index (χ2v) is 11.7. The number of thiophene rings is 1. The molecule has 38 heavy (non-hydrogen) atoms. The standard InChI is InChI=1S/C32H27N5S/c33-32(16-6-17-32)22-14-12-20(13-15-22)29-28(27-19-21-7-1-4-11-26(21)38-27)36-31-23-8-2-3-9-24(23)35-30-25(37(29)31)10-5-18-34-30/h1-5,7-15,18-19,23-24H,6,16-17,33H2,(H,34,35). The third-order valence-corrected chi connectivity index (χ3v) is 9.43. The lowest BCUT2D eigenvalue weighted by atomic mass is 9.72. The summed E-state index contributed by atoms with van der Waals surface area (Å²) in [7, 11) is 0. The highest BCUT2D eigenvalue weighted by Gasteiger charge is 2.36. The summed E-state index contributed by atoms with van der Waals surface area (Å²) < 4.78 is 3.60. The van der Waals surface area contributed by atoms with Crippen molar-refractivity contribution in [3.05, 3.63) is 109 Å². The van der Waals surface area contributed by atoms with E-state index in [1.807, 2.05) is 12.3 Å². The minimum Gasteiger partial charge on any atom is -0.361 e. The molecule has 2 aliphatic carbocycles. The summed E-state index contributed by atoms with van der Waals surface area (Å²) in [6.07, 6.45) is 13.8. The van der Waals surface area contributed by atoms with Gasteiger partial charge in [-0.1, -0.05) is 66.8 Å². The van der Waals surface area contributed by atoms with Gasteiger partial charge in [0.2, 0.25) is 0 Å². The van der Waals surface area contributed by atoms with E-state index in [-0.39, 0.29) is 17.5 Å². The van der Waals surface area contributed by atoms with Crippen LogP contribution in [0.2, 0.25) is 0 Å². The Bertz CT molecular complexity index is 1720. The summed E-state index contributed by atoms with van der Waals surface area (Å²) in [6, 6.07) is 24.0. The zero-order chi connectivity index (χ0) is 25.3. The van der Waals surface area contributed by atoms with E-state index >= 15 is 0 Å². The van der Waals surface area contributed by atoms with E-state index in [1.54, 1.807) is 11.3 Å². The zero-order valence-corrected chi connectivity index (χ0v) is 21.7. The van der Waals surface area contributed by atoms with Crippen molar-refractivity contribution in [3.8, 4) is 27.5 Å². The van der Waals surface area contributed by atoms with E-state index in [2.05, 4.69) is 94.9 Å². The van der Waals surface area contributed by atoms with E-state index in [4.69, 9.17) is 15.7 Å². The average molecular weight is 514 g/mol. The van der Waals surface area contributed by atoms with Crippen molar-refractivity contribution in [2.75, 3.05) is 5.32 Å². The molecule has 8 rings (SSSR count). The van der Waals surface area contributed by atoms with Crippen LogP contribution in [0.5, 0.6) is 0 Å². The Labute approximate surface area is 225 Å². The number of rotatable bonds is 3. The van der Waals surface area contributed by atoms with Crippen molar-refractivity contribution < 1.29 is 0 Å². The fraction of sp³-hybridized carbons (Fsp3) is 0.188. The van der Waals surface area contributed by atoms with Gasteiger partial charge in [0.1, 0.15) is 11.5 Å². The van der Waals surface area contributed by atoms with Crippen LogP contribution in [0.15, 0.2) is 97.2 Å². The largest absolute Gasteiger partial charge is 0.361 e. The van der Waals surface area contributed by atoms with Crippen molar-refractivity contribution >= 4 is 27.2 Å². The molecule has 2 atom stereocenters. The summed E-state index contributed by atoms with van der Waals surface area (Å²) in [5.41, 5.74) is 12.0. The smallest absolute Gasteiger partial charge is 0.150 e. The van der Waals surface area contributed by atoms with Crippen LogP contribution in [-0.2, 0) is 5.54 Å². The van der Waals surface area contributed by atoms with E-state index in [0.717, 1.165) is 47.1 Å². The van der Waals surface area contributed by atoms with Crippen LogP contribution in [0.3, 0.4) is 0 Å². The van der Waals surface area contributed by atoms with Gasteiger partial charge >= 0.3 is 0 Å². The lowest BCUT2D eigenvalue weighted by Crippen LogP contribution is -2.43. The van der Waals surface area contributed by atoms with Crippen LogP contribution < -0.4 is 11.1 Å². The number of pyridine rings is 1. The van der Waals surface area contributed by atoms with Crippen LogP contribution in [-0.4, -0.2) is 20.6 Å². The first kappa shape index (κ1) is 22.0. The molecule has 3 N–H and O–H groups in total. The van der Waals surface area contributed by atoms with Crippen LogP contribution in [0.4, 0.5) is 5.82 Å². The monoisotopic (exact) mass is 513 g/mol. The quantitative estimate of drug-likeness (QED) is 0.269. The summed E-state index contributed by atoms with van der Waals surface area (Å²) in [5, 5.41) is 4.92. The number of fused-ring (bicyclic) bond motifs is 6. The first-order valence-electron chi connectivity index (χ1n) is 13.3. The molecule has 0 saturated heterocycles. The highest BCUT2D eigenvalue weighted by atomic mass is 32.1. The van der Waals surface area contributed by atoms with Crippen molar-refractivity contribution in [3.63, 3.8) is 0 Å². The molecule has 0 bridgehead atoms. The van der Waals surface area contributed by atoms with E-state index < -0.39 is 0 Å². The molecule has 0 radical (unpaired) electrons. The number of nitrogens with zero attached hydrogens (tertiary/aromatic N) is 3. The molecule has 1 saturated carbocycles. The van der Waals surface area contributed by atoms with Gasteiger partial charge in [-0.15, -0.1) is 11.3 Å². The normalized spacial score (nSPS) is 20.7. The number of anilines is 1. The van der Waals surface area contributed by atoms with Gasteiger partial charge in [-0.25, -0.2) is 9.97 Å².